The Morgan fingerprint density at radius 1 is 1.14 bits per heavy atom. The van der Waals surface area contributed by atoms with E-state index in [2.05, 4.69) is 9.97 Å². The predicted octanol–water partition coefficient (Wildman–Crippen LogP) is 2.76. The first-order valence-corrected chi connectivity index (χ1v) is 10.2. The van der Waals surface area contributed by atoms with Crippen LogP contribution in [0.3, 0.4) is 0 Å². The van der Waals surface area contributed by atoms with Gasteiger partial charge in [0.25, 0.3) is 0 Å². The van der Waals surface area contributed by atoms with E-state index in [1.54, 1.807) is 29.7 Å². The van der Waals surface area contributed by atoms with E-state index in [0.29, 0.717) is 24.5 Å². The second-order valence-corrected chi connectivity index (χ2v) is 7.76. The summed E-state index contributed by atoms with van der Waals surface area (Å²) >= 11 is 1.48. The van der Waals surface area contributed by atoms with Gasteiger partial charge in [0.2, 0.25) is 5.91 Å². The number of β-amino-alcohol motifs (C(OH)–C–C–N with tert-alkyl or cyclic N) is 1. The molecule has 1 aliphatic heterocycles. The van der Waals surface area contributed by atoms with E-state index in [4.69, 9.17) is 4.74 Å². The summed E-state index contributed by atoms with van der Waals surface area (Å²) in [4.78, 5) is 23.3. The van der Waals surface area contributed by atoms with E-state index in [0.717, 1.165) is 15.7 Å². The minimum atomic E-state index is -0.715. The van der Waals surface area contributed by atoms with Crippen molar-refractivity contribution in [2.45, 2.75) is 23.5 Å². The lowest BCUT2D eigenvalue weighted by Gasteiger charge is -2.36. The molecule has 0 aliphatic carbocycles. The van der Waals surface area contributed by atoms with Crippen LogP contribution in [0.2, 0.25) is 0 Å². The van der Waals surface area contributed by atoms with Crippen LogP contribution in [0.25, 0.3) is 10.8 Å². The van der Waals surface area contributed by atoms with Crippen molar-refractivity contribution in [3.63, 3.8) is 0 Å². The van der Waals surface area contributed by atoms with E-state index in [-0.39, 0.29) is 18.6 Å². The number of thioether (sulfide) groups is 1. The van der Waals surface area contributed by atoms with Gasteiger partial charge in [-0.2, -0.15) is 0 Å². The largest absolute Gasteiger partial charge is 0.488 e. The Labute approximate surface area is 167 Å². The summed E-state index contributed by atoms with van der Waals surface area (Å²) in [6.45, 7) is 0.863. The van der Waals surface area contributed by atoms with Crippen LogP contribution in [0.5, 0.6) is 5.75 Å². The molecule has 1 aromatic carbocycles. The number of pyridine rings is 2. The van der Waals surface area contributed by atoms with Crippen molar-refractivity contribution in [3.05, 3.63) is 61.2 Å². The standard InChI is InChI=1S/C21H21N3O3S/c25-19-13-24(21(26)14-28-18-4-8-22-9-5-18)10-6-20(19)27-17-2-1-15-3-7-23-12-16(15)11-17/h1-5,7-9,11-12,19-20,25H,6,10,13-14H2/t19-,20-/m1/s1. The number of nitrogens with zero attached hydrogens (tertiary/aromatic N) is 3. The van der Waals surface area contributed by atoms with Gasteiger partial charge in [0.15, 0.2) is 0 Å². The Bertz CT molecular complexity index is 954. The molecule has 4 rings (SSSR count). The van der Waals surface area contributed by atoms with Crippen LogP contribution in [-0.4, -0.2) is 56.9 Å². The number of carbonyl (C=O) groups excluding carboxylic acids is 1. The highest BCUT2D eigenvalue weighted by Gasteiger charge is 2.31. The number of piperidine rings is 1. The van der Waals surface area contributed by atoms with Crippen molar-refractivity contribution in [2.75, 3.05) is 18.8 Å². The highest BCUT2D eigenvalue weighted by atomic mass is 32.2. The van der Waals surface area contributed by atoms with Crippen LogP contribution < -0.4 is 4.74 Å². The zero-order chi connectivity index (χ0) is 19.3. The summed E-state index contributed by atoms with van der Waals surface area (Å²) in [5.74, 6) is 1.08. The lowest BCUT2D eigenvalue weighted by molar-refractivity contribution is -0.134. The number of aromatic nitrogens is 2. The Hall–Kier alpha value is -2.64. The van der Waals surface area contributed by atoms with Crippen molar-refractivity contribution >= 4 is 28.4 Å². The van der Waals surface area contributed by atoms with Crippen LogP contribution in [-0.2, 0) is 4.79 Å². The molecule has 0 spiro atoms. The number of ether oxygens (including phenoxy) is 1. The van der Waals surface area contributed by atoms with Gasteiger partial charge in [-0.1, -0.05) is 6.07 Å². The number of fused-ring (bicyclic) bond motifs is 1. The lowest BCUT2D eigenvalue weighted by atomic mass is 10.0. The molecule has 6 nitrogen and oxygen atoms in total. The molecule has 3 heterocycles. The summed E-state index contributed by atoms with van der Waals surface area (Å²) in [5, 5.41) is 12.6. The molecule has 7 heteroatoms. The van der Waals surface area contributed by atoms with Crippen molar-refractivity contribution in [1.29, 1.82) is 0 Å². The second-order valence-electron chi connectivity index (χ2n) is 6.71. The second kappa shape index (κ2) is 8.58. The molecule has 1 amide bonds. The minimum Gasteiger partial charge on any atom is -0.488 e. The van der Waals surface area contributed by atoms with Gasteiger partial charge in [0.05, 0.1) is 12.3 Å². The molecule has 1 saturated heterocycles. The molecule has 0 radical (unpaired) electrons. The number of rotatable bonds is 5. The number of hydrogen-bond donors (Lipinski definition) is 1. The van der Waals surface area contributed by atoms with Crippen LogP contribution in [0.1, 0.15) is 6.42 Å². The van der Waals surface area contributed by atoms with E-state index < -0.39 is 6.10 Å². The van der Waals surface area contributed by atoms with Gasteiger partial charge >= 0.3 is 0 Å². The maximum Gasteiger partial charge on any atom is 0.233 e. The first-order chi connectivity index (χ1) is 13.7. The fraction of sp³-hybridized carbons (Fsp3) is 0.286. The normalized spacial score (nSPS) is 19.5. The SMILES string of the molecule is O=C(CSc1ccncc1)N1CC[C@@H](Oc2ccc3ccncc3c2)[C@H](O)C1. The highest BCUT2D eigenvalue weighted by molar-refractivity contribution is 8.00. The molecular formula is C21H21N3O3S. The monoisotopic (exact) mass is 395 g/mol. The van der Waals surface area contributed by atoms with E-state index in [1.165, 1.54) is 11.8 Å². The zero-order valence-corrected chi connectivity index (χ0v) is 16.1. The molecule has 1 fully saturated rings. The number of aliphatic hydroxyl groups is 1. The summed E-state index contributed by atoms with van der Waals surface area (Å²) in [7, 11) is 0. The third kappa shape index (κ3) is 4.43. The maximum atomic E-state index is 12.5. The van der Waals surface area contributed by atoms with Crippen LogP contribution in [0.4, 0.5) is 0 Å². The van der Waals surface area contributed by atoms with E-state index >= 15 is 0 Å². The molecule has 2 atom stereocenters. The van der Waals surface area contributed by atoms with E-state index in [9.17, 15) is 9.90 Å². The molecule has 28 heavy (non-hydrogen) atoms. The first-order valence-electron chi connectivity index (χ1n) is 9.18. The van der Waals surface area contributed by atoms with Crippen molar-refractivity contribution in [1.82, 2.24) is 14.9 Å². The van der Waals surface area contributed by atoms with Gasteiger partial charge < -0.3 is 14.7 Å². The topological polar surface area (TPSA) is 75.6 Å². The summed E-state index contributed by atoms with van der Waals surface area (Å²) in [5.41, 5.74) is 0. The fourth-order valence-corrected chi connectivity index (χ4v) is 4.04. The van der Waals surface area contributed by atoms with Gasteiger partial charge in [-0.05, 0) is 35.7 Å². The van der Waals surface area contributed by atoms with Crippen LogP contribution in [0, 0.1) is 0 Å². The molecule has 0 unspecified atom stereocenters. The number of amides is 1. The maximum absolute atomic E-state index is 12.5. The predicted molar refractivity (Wildman–Crippen MR) is 108 cm³/mol. The van der Waals surface area contributed by atoms with Gasteiger partial charge in [-0.15, -0.1) is 11.8 Å². The molecule has 3 aromatic rings. The number of aliphatic hydroxyl groups excluding tert-OH is 1. The average molecular weight is 395 g/mol. The van der Waals surface area contributed by atoms with Gasteiger partial charge in [-0.3, -0.25) is 14.8 Å². The molecule has 1 N–H and O–H groups in total. The summed E-state index contributed by atoms with van der Waals surface area (Å²) in [6.07, 6.45) is 6.52. The van der Waals surface area contributed by atoms with Gasteiger partial charge in [0.1, 0.15) is 18.0 Å². The molecule has 1 aliphatic rings. The van der Waals surface area contributed by atoms with Crippen molar-refractivity contribution in [3.8, 4) is 5.75 Å². The number of hydrogen-bond acceptors (Lipinski definition) is 6. The average Bonchev–Trinajstić information content (AvgIpc) is 2.74. The third-order valence-corrected chi connectivity index (χ3v) is 5.78. The Morgan fingerprint density at radius 2 is 1.96 bits per heavy atom. The fourth-order valence-electron chi connectivity index (χ4n) is 3.26. The minimum absolute atomic E-state index is 0.0242. The van der Waals surface area contributed by atoms with Crippen LogP contribution >= 0.6 is 11.8 Å². The Morgan fingerprint density at radius 3 is 2.79 bits per heavy atom. The van der Waals surface area contributed by atoms with Gasteiger partial charge in [0, 0.05) is 48.0 Å². The molecule has 0 saturated carbocycles. The molecule has 0 bridgehead atoms. The van der Waals surface area contributed by atoms with Crippen LogP contribution in [0.15, 0.2) is 66.1 Å². The summed E-state index contributed by atoms with van der Waals surface area (Å²) in [6, 6.07) is 11.5. The Kier molecular flexibility index (Phi) is 5.73. The zero-order valence-electron chi connectivity index (χ0n) is 15.3. The number of carbonyl (C=O) groups is 1. The van der Waals surface area contributed by atoms with Crippen molar-refractivity contribution < 1.29 is 14.6 Å². The Balaban J connectivity index is 1.32. The summed E-state index contributed by atoms with van der Waals surface area (Å²) < 4.78 is 6.01. The quantitative estimate of drug-likeness (QED) is 0.670. The first kappa shape index (κ1) is 18.7. The smallest absolute Gasteiger partial charge is 0.233 e. The molecular weight excluding hydrogens is 374 g/mol. The number of likely N-dealkylation sites (tertiary alicyclic amines) is 1. The van der Waals surface area contributed by atoms with Crippen molar-refractivity contribution in [2.24, 2.45) is 0 Å². The molecule has 144 valence electrons. The molecule has 2 aromatic heterocycles. The lowest BCUT2D eigenvalue weighted by Crippen LogP contribution is -2.51. The highest BCUT2D eigenvalue weighted by Crippen LogP contribution is 2.24. The third-order valence-electron chi connectivity index (χ3n) is 4.78. The van der Waals surface area contributed by atoms with Gasteiger partial charge in [-0.25, -0.2) is 0 Å². The number of benzene rings is 1. The van der Waals surface area contributed by atoms with E-state index in [1.807, 2.05) is 36.4 Å².